The van der Waals surface area contributed by atoms with E-state index >= 15 is 0 Å². The topological polar surface area (TPSA) is 105 Å². The standard InChI is InChI=1S/C20H19N5O3S2/c1-12-4-9-17(13(2)10-12)18-11-29-20-22-19(23-25(18)20)24-30(27,28)16-7-5-15(6-8-16)21-14(3)26/h4-11H,1-3H3,(H,21,26)(H,23,24). The van der Waals surface area contributed by atoms with Crippen LogP contribution in [0, 0.1) is 13.8 Å². The summed E-state index contributed by atoms with van der Waals surface area (Å²) >= 11 is 1.39. The largest absolute Gasteiger partial charge is 0.326 e. The third kappa shape index (κ3) is 3.91. The zero-order valence-electron chi connectivity index (χ0n) is 16.5. The number of aromatic nitrogens is 3. The highest BCUT2D eigenvalue weighted by molar-refractivity contribution is 7.92. The molecule has 2 aromatic carbocycles. The zero-order chi connectivity index (χ0) is 21.5. The van der Waals surface area contributed by atoms with Crippen LogP contribution in [0.15, 0.2) is 52.7 Å². The molecule has 10 heteroatoms. The lowest BCUT2D eigenvalue weighted by Crippen LogP contribution is -2.14. The summed E-state index contributed by atoms with van der Waals surface area (Å²) in [4.78, 5) is 16.0. The van der Waals surface area contributed by atoms with Gasteiger partial charge in [0.15, 0.2) is 0 Å². The molecule has 0 saturated carbocycles. The average Bonchev–Trinajstić information content (AvgIpc) is 3.22. The van der Waals surface area contributed by atoms with E-state index in [-0.39, 0.29) is 16.8 Å². The second-order valence-corrected chi connectivity index (χ2v) is 9.40. The number of hydrogen-bond acceptors (Lipinski definition) is 6. The number of thiazole rings is 1. The van der Waals surface area contributed by atoms with E-state index in [0.717, 1.165) is 16.8 Å². The van der Waals surface area contributed by atoms with Gasteiger partial charge in [-0.15, -0.1) is 16.4 Å². The molecule has 4 rings (SSSR count). The van der Waals surface area contributed by atoms with Crippen molar-refractivity contribution in [1.82, 2.24) is 14.6 Å². The molecule has 2 N–H and O–H groups in total. The number of nitrogens with one attached hydrogen (secondary N) is 2. The molecule has 0 aliphatic carbocycles. The van der Waals surface area contributed by atoms with Crippen LogP contribution in [0.1, 0.15) is 18.1 Å². The van der Waals surface area contributed by atoms with Crippen LogP contribution in [0.4, 0.5) is 11.6 Å². The number of carbonyl (C=O) groups is 1. The molecule has 0 atom stereocenters. The first-order chi connectivity index (χ1) is 14.2. The van der Waals surface area contributed by atoms with Gasteiger partial charge in [-0.05, 0) is 43.7 Å². The molecule has 30 heavy (non-hydrogen) atoms. The Balaban J connectivity index is 1.62. The van der Waals surface area contributed by atoms with Crippen LogP contribution in [-0.2, 0) is 14.8 Å². The summed E-state index contributed by atoms with van der Waals surface area (Å²) in [6, 6.07) is 12.0. The molecule has 4 aromatic rings. The first-order valence-electron chi connectivity index (χ1n) is 9.05. The normalized spacial score (nSPS) is 11.6. The van der Waals surface area contributed by atoms with E-state index in [9.17, 15) is 13.2 Å². The van der Waals surface area contributed by atoms with E-state index in [0.29, 0.717) is 10.6 Å². The maximum absolute atomic E-state index is 12.7. The summed E-state index contributed by atoms with van der Waals surface area (Å²) in [5, 5.41) is 8.90. The monoisotopic (exact) mass is 441 g/mol. The van der Waals surface area contributed by atoms with E-state index in [2.05, 4.69) is 26.2 Å². The third-order valence-corrected chi connectivity index (χ3v) is 6.61. The predicted octanol–water partition coefficient (Wildman–Crippen LogP) is 3.83. The summed E-state index contributed by atoms with van der Waals surface area (Å²) in [6.45, 7) is 5.44. The highest BCUT2D eigenvalue weighted by Crippen LogP contribution is 2.29. The molecule has 0 unspecified atom stereocenters. The average molecular weight is 442 g/mol. The number of benzene rings is 2. The van der Waals surface area contributed by atoms with Gasteiger partial charge in [-0.1, -0.05) is 23.8 Å². The SMILES string of the molecule is CC(=O)Nc1ccc(S(=O)(=O)Nc2nc3scc(-c4ccc(C)cc4C)n3n2)cc1. The fraction of sp³-hybridized carbons (Fsp3) is 0.150. The van der Waals surface area contributed by atoms with Gasteiger partial charge in [-0.2, -0.15) is 4.98 Å². The van der Waals surface area contributed by atoms with Gasteiger partial charge in [-0.3, -0.25) is 4.79 Å². The molecular formula is C20H19N5O3S2. The van der Waals surface area contributed by atoms with Crippen molar-refractivity contribution >= 4 is 43.9 Å². The minimum absolute atomic E-state index is 0.00111. The van der Waals surface area contributed by atoms with Gasteiger partial charge in [0.25, 0.3) is 16.0 Å². The van der Waals surface area contributed by atoms with Crippen LogP contribution in [0.5, 0.6) is 0 Å². The van der Waals surface area contributed by atoms with Crippen LogP contribution in [0.3, 0.4) is 0 Å². The Morgan fingerprint density at radius 2 is 1.83 bits per heavy atom. The van der Waals surface area contributed by atoms with Gasteiger partial charge in [0, 0.05) is 23.6 Å². The molecule has 0 radical (unpaired) electrons. The number of sulfonamides is 1. The van der Waals surface area contributed by atoms with E-state index < -0.39 is 10.0 Å². The number of amides is 1. The first-order valence-corrected chi connectivity index (χ1v) is 11.4. The van der Waals surface area contributed by atoms with Crippen LogP contribution in [-0.4, -0.2) is 28.9 Å². The lowest BCUT2D eigenvalue weighted by Gasteiger charge is -2.07. The highest BCUT2D eigenvalue weighted by Gasteiger charge is 2.19. The Morgan fingerprint density at radius 1 is 1.10 bits per heavy atom. The van der Waals surface area contributed by atoms with E-state index in [1.54, 1.807) is 4.52 Å². The zero-order valence-corrected chi connectivity index (χ0v) is 18.1. The molecule has 2 heterocycles. The van der Waals surface area contributed by atoms with Crippen molar-refractivity contribution < 1.29 is 13.2 Å². The van der Waals surface area contributed by atoms with Gasteiger partial charge >= 0.3 is 0 Å². The maximum atomic E-state index is 12.7. The van der Waals surface area contributed by atoms with Crippen LogP contribution in [0.2, 0.25) is 0 Å². The fourth-order valence-electron chi connectivity index (χ4n) is 3.11. The van der Waals surface area contributed by atoms with Crippen molar-refractivity contribution in [3.05, 3.63) is 59.0 Å². The molecule has 0 aliphatic heterocycles. The second-order valence-electron chi connectivity index (χ2n) is 6.88. The summed E-state index contributed by atoms with van der Waals surface area (Å²) in [6.07, 6.45) is 0. The van der Waals surface area contributed by atoms with Gasteiger partial charge < -0.3 is 5.32 Å². The minimum atomic E-state index is -3.87. The predicted molar refractivity (Wildman–Crippen MR) is 117 cm³/mol. The summed E-state index contributed by atoms with van der Waals surface area (Å²) in [5.74, 6) is -0.232. The summed E-state index contributed by atoms with van der Waals surface area (Å²) < 4.78 is 29.5. The lowest BCUT2D eigenvalue weighted by molar-refractivity contribution is -0.114. The number of anilines is 2. The third-order valence-electron chi connectivity index (χ3n) is 4.45. The molecule has 154 valence electrons. The Kier molecular flexibility index (Phi) is 5.04. The fourth-order valence-corrected chi connectivity index (χ4v) is 4.87. The Bertz CT molecular complexity index is 1360. The molecule has 0 spiro atoms. The van der Waals surface area contributed by atoms with E-state index in [1.807, 2.05) is 31.4 Å². The molecule has 8 nitrogen and oxygen atoms in total. The van der Waals surface area contributed by atoms with Crippen molar-refractivity contribution in [2.45, 2.75) is 25.7 Å². The number of aryl methyl sites for hydroxylation is 2. The van der Waals surface area contributed by atoms with Crippen molar-refractivity contribution in [3.63, 3.8) is 0 Å². The van der Waals surface area contributed by atoms with Gasteiger partial charge in [0.1, 0.15) is 0 Å². The quantitative estimate of drug-likeness (QED) is 0.490. The number of rotatable bonds is 5. The first kappa shape index (κ1) is 20.0. The Labute approximate surface area is 177 Å². The minimum Gasteiger partial charge on any atom is -0.326 e. The maximum Gasteiger partial charge on any atom is 0.264 e. The van der Waals surface area contributed by atoms with Gasteiger partial charge in [0.05, 0.1) is 10.6 Å². The number of nitrogens with zero attached hydrogens (tertiary/aromatic N) is 3. The van der Waals surface area contributed by atoms with Crippen molar-refractivity contribution in [1.29, 1.82) is 0 Å². The number of hydrogen-bond donors (Lipinski definition) is 2. The molecule has 0 fully saturated rings. The Hall–Kier alpha value is -3.24. The molecule has 1 amide bonds. The van der Waals surface area contributed by atoms with Crippen molar-refractivity contribution in [2.24, 2.45) is 0 Å². The molecule has 0 bridgehead atoms. The van der Waals surface area contributed by atoms with Crippen LogP contribution >= 0.6 is 11.3 Å². The molecular weight excluding hydrogens is 422 g/mol. The van der Waals surface area contributed by atoms with Crippen molar-refractivity contribution in [3.8, 4) is 11.3 Å². The molecule has 0 saturated heterocycles. The summed E-state index contributed by atoms with van der Waals surface area (Å²) in [7, 11) is -3.87. The Morgan fingerprint density at radius 3 is 2.50 bits per heavy atom. The highest BCUT2D eigenvalue weighted by atomic mass is 32.2. The summed E-state index contributed by atoms with van der Waals surface area (Å²) in [5.41, 5.74) is 4.65. The lowest BCUT2D eigenvalue weighted by atomic mass is 10.0. The number of carbonyl (C=O) groups excluding carboxylic acids is 1. The van der Waals surface area contributed by atoms with Gasteiger partial charge in [0.2, 0.25) is 10.9 Å². The van der Waals surface area contributed by atoms with Crippen LogP contribution < -0.4 is 10.0 Å². The van der Waals surface area contributed by atoms with E-state index in [4.69, 9.17) is 0 Å². The van der Waals surface area contributed by atoms with E-state index in [1.165, 1.54) is 48.1 Å². The smallest absolute Gasteiger partial charge is 0.264 e. The van der Waals surface area contributed by atoms with Gasteiger partial charge in [-0.25, -0.2) is 17.7 Å². The number of fused-ring (bicyclic) bond motifs is 1. The molecule has 2 aromatic heterocycles. The molecule has 0 aliphatic rings. The van der Waals surface area contributed by atoms with Crippen molar-refractivity contribution in [2.75, 3.05) is 10.0 Å². The second kappa shape index (κ2) is 7.54. The van der Waals surface area contributed by atoms with Crippen LogP contribution in [0.25, 0.3) is 16.2 Å².